The van der Waals surface area contributed by atoms with E-state index in [1.807, 2.05) is 78.9 Å². The van der Waals surface area contributed by atoms with Crippen LogP contribution in [0.3, 0.4) is 0 Å². The summed E-state index contributed by atoms with van der Waals surface area (Å²) in [4.78, 5) is 31.7. The van der Waals surface area contributed by atoms with Gasteiger partial charge in [-0.3, -0.25) is 4.79 Å². The average Bonchev–Trinajstić information content (AvgIpc) is 3.73. The summed E-state index contributed by atoms with van der Waals surface area (Å²) < 4.78 is 11.8. The molecule has 2 aliphatic carbocycles. The molecule has 2 atom stereocenters. The maximum atomic E-state index is 14.0. The number of rotatable bonds is 12. The molecule has 4 aromatic carbocycles. The summed E-state index contributed by atoms with van der Waals surface area (Å²) in [7, 11) is 0. The fourth-order valence-corrected chi connectivity index (χ4v) is 7.56. The molecule has 252 valence electrons. The number of oxazole rings is 1. The minimum Gasteiger partial charge on any atom is -0.449 e. The predicted octanol–water partition coefficient (Wildman–Crippen LogP) is 7.50. The number of amides is 2. The van der Waals surface area contributed by atoms with E-state index in [-0.39, 0.29) is 43.3 Å². The molecule has 1 fully saturated rings. The molecule has 7 rings (SSSR count). The number of carbonyl (C=O) groups excluding carboxylic acids is 2. The first kappa shape index (κ1) is 32.6. The molecule has 0 radical (unpaired) electrons. The van der Waals surface area contributed by atoms with Gasteiger partial charge in [-0.25, -0.2) is 9.78 Å². The fraction of sp³-hybridized carbons (Fsp3) is 0.341. The summed E-state index contributed by atoms with van der Waals surface area (Å²) in [6, 6.07) is 33.8. The van der Waals surface area contributed by atoms with Crippen molar-refractivity contribution in [1.29, 1.82) is 0 Å². The number of aryl methyl sites for hydroxylation is 1. The van der Waals surface area contributed by atoms with Gasteiger partial charge in [0.2, 0.25) is 11.8 Å². The monoisotopic (exact) mass is 657 g/mol. The van der Waals surface area contributed by atoms with Gasteiger partial charge < -0.3 is 24.9 Å². The summed E-state index contributed by atoms with van der Waals surface area (Å²) in [5.41, 5.74) is 5.39. The summed E-state index contributed by atoms with van der Waals surface area (Å²) in [5, 5.41) is 18.0. The van der Waals surface area contributed by atoms with Crippen LogP contribution in [0.5, 0.6) is 0 Å². The zero-order valence-electron chi connectivity index (χ0n) is 27.6. The number of alkyl carbamates (subject to hydrolysis) is 1. The minimum absolute atomic E-state index is 0.0454. The van der Waals surface area contributed by atoms with Gasteiger partial charge >= 0.3 is 6.09 Å². The van der Waals surface area contributed by atoms with E-state index in [4.69, 9.17) is 9.15 Å². The van der Waals surface area contributed by atoms with Crippen molar-refractivity contribution >= 4 is 23.1 Å². The van der Waals surface area contributed by atoms with Gasteiger partial charge in [0.15, 0.2) is 11.2 Å². The van der Waals surface area contributed by atoms with Crippen LogP contribution in [0.2, 0.25) is 0 Å². The lowest BCUT2D eigenvalue weighted by atomic mass is 9.79. The standard InChI is InChI=1S/C41H43N3O5/c45-38(43-27-41(47,24-23-28-13-3-1-4-14-28)39-44-36-21-11-12-22-37(36)49-39)34(29-15-5-2-6-16-29)25-42-40(46)48-26-35-32-19-9-7-17-30(32)31-18-8-10-20-33(31)35/h1,3-4,7-14,17-22,29,34-35,47H,2,5-6,15-16,23-27H2,(H,42,46)(H,43,45). The number of benzene rings is 4. The number of ether oxygens (including phenoxy) is 1. The third-order valence-electron chi connectivity index (χ3n) is 10.3. The molecule has 1 heterocycles. The summed E-state index contributed by atoms with van der Waals surface area (Å²) >= 11 is 0. The second kappa shape index (κ2) is 14.7. The zero-order valence-corrected chi connectivity index (χ0v) is 27.6. The first-order chi connectivity index (χ1) is 24.0. The van der Waals surface area contributed by atoms with Crippen molar-refractivity contribution < 1.29 is 23.8 Å². The number of hydrogen-bond acceptors (Lipinski definition) is 6. The van der Waals surface area contributed by atoms with E-state index in [2.05, 4.69) is 39.9 Å². The highest BCUT2D eigenvalue weighted by Gasteiger charge is 2.38. The highest BCUT2D eigenvalue weighted by Crippen LogP contribution is 2.44. The summed E-state index contributed by atoms with van der Waals surface area (Å²) in [5.74, 6) is -0.431. The quantitative estimate of drug-likeness (QED) is 0.128. The van der Waals surface area contributed by atoms with Gasteiger partial charge in [-0.05, 0) is 71.6 Å². The van der Waals surface area contributed by atoms with E-state index >= 15 is 0 Å². The Balaban J connectivity index is 1.02. The van der Waals surface area contributed by atoms with Gasteiger partial charge in [0.25, 0.3) is 0 Å². The van der Waals surface area contributed by atoms with Crippen molar-refractivity contribution in [1.82, 2.24) is 15.6 Å². The lowest BCUT2D eigenvalue weighted by Gasteiger charge is -2.31. The Bertz CT molecular complexity index is 1820. The Labute approximate surface area is 286 Å². The van der Waals surface area contributed by atoms with Crippen molar-refractivity contribution in [2.24, 2.45) is 11.8 Å². The first-order valence-electron chi connectivity index (χ1n) is 17.5. The Kier molecular flexibility index (Phi) is 9.75. The molecule has 1 saturated carbocycles. The number of nitrogens with zero attached hydrogens (tertiary/aromatic N) is 1. The summed E-state index contributed by atoms with van der Waals surface area (Å²) in [6.07, 6.45) is 5.38. The number of aromatic nitrogens is 1. The smallest absolute Gasteiger partial charge is 0.407 e. The minimum atomic E-state index is -1.54. The first-order valence-corrected chi connectivity index (χ1v) is 17.5. The van der Waals surface area contributed by atoms with E-state index in [1.165, 1.54) is 11.1 Å². The van der Waals surface area contributed by atoms with Crippen LogP contribution in [-0.2, 0) is 21.6 Å². The van der Waals surface area contributed by atoms with Gasteiger partial charge in [-0.1, -0.05) is 110 Å². The number of nitrogens with one attached hydrogen (secondary N) is 2. The van der Waals surface area contributed by atoms with E-state index < -0.39 is 17.6 Å². The number of aliphatic hydroxyl groups is 1. The molecule has 2 unspecified atom stereocenters. The van der Waals surface area contributed by atoms with Crippen molar-refractivity contribution in [2.45, 2.75) is 56.5 Å². The largest absolute Gasteiger partial charge is 0.449 e. The normalized spacial score (nSPS) is 16.3. The van der Waals surface area contributed by atoms with Gasteiger partial charge in [0.1, 0.15) is 12.1 Å². The Hall–Kier alpha value is -4.95. The fourth-order valence-electron chi connectivity index (χ4n) is 7.56. The van der Waals surface area contributed by atoms with Crippen LogP contribution in [0.1, 0.15) is 67.0 Å². The molecule has 8 heteroatoms. The molecule has 2 aliphatic rings. The van der Waals surface area contributed by atoms with Crippen LogP contribution in [0.15, 0.2) is 108 Å². The molecule has 1 aromatic heterocycles. The number of fused-ring (bicyclic) bond motifs is 4. The molecule has 2 amide bonds. The molecular formula is C41H43N3O5. The number of para-hydroxylation sites is 2. The Morgan fingerprint density at radius 2 is 1.49 bits per heavy atom. The molecule has 0 aliphatic heterocycles. The average molecular weight is 658 g/mol. The van der Waals surface area contributed by atoms with E-state index in [0.717, 1.165) is 48.8 Å². The van der Waals surface area contributed by atoms with Gasteiger partial charge in [-0.15, -0.1) is 0 Å². The topological polar surface area (TPSA) is 114 Å². The van der Waals surface area contributed by atoms with Crippen LogP contribution in [0, 0.1) is 11.8 Å². The second-order valence-electron chi connectivity index (χ2n) is 13.4. The van der Waals surface area contributed by atoms with Gasteiger partial charge in [0, 0.05) is 12.5 Å². The molecule has 3 N–H and O–H groups in total. The van der Waals surface area contributed by atoms with Crippen molar-refractivity contribution in [2.75, 3.05) is 19.7 Å². The van der Waals surface area contributed by atoms with Crippen molar-refractivity contribution in [3.05, 3.63) is 126 Å². The van der Waals surface area contributed by atoms with E-state index in [9.17, 15) is 14.7 Å². The van der Waals surface area contributed by atoms with Crippen LogP contribution >= 0.6 is 0 Å². The Morgan fingerprint density at radius 1 is 0.837 bits per heavy atom. The summed E-state index contributed by atoms with van der Waals surface area (Å²) in [6.45, 7) is 0.289. The highest BCUT2D eigenvalue weighted by atomic mass is 16.5. The van der Waals surface area contributed by atoms with Crippen molar-refractivity contribution in [3.63, 3.8) is 0 Å². The highest BCUT2D eigenvalue weighted by molar-refractivity contribution is 5.81. The van der Waals surface area contributed by atoms with Crippen LogP contribution in [0.25, 0.3) is 22.2 Å². The number of carbonyl (C=O) groups is 2. The molecule has 0 saturated heterocycles. The van der Waals surface area contributed by atoms with Crippen molar-refractivity contribution in [3.8, 4) is 11.1 Å². The lowest BCUT2D eigenvalue weighted by molar-refractivity contribution is -0.128. The second-order valence-corrected chi connectivity index (χ2v) is 13.4. The SMILES string of the molecule is O=C(NCC(C(=O)NCC(O)(CCc1ccccc1)c1nc2ccccc2o1)C1CCCCC1)OCC1c2ccccc2-c2ccccc21. The zero-order chi connectivity index (χ0) is 33.6. The third-order valence-corrected chi connectivity index (χ3v) is 10.3. The van der Waals surface area contributed by atoms with Gasteiger partial charge in [0.05, 0.1) is 12.5 Å². The maximum Gasteiger partial charge on any atom is 0.407 e. The molecule has 0 spiro atoms. The lowest BCUT2D eigenvalue weighted by Crippen LogP contribution is -2.48. The maximum absolute atomic E-state index is 14.0. The van der Waals surface area contributed by atoms with Crippen LogP contribution in [-0.4, -0.2) is 41.8 Å². The van der Waals surface area contributed by atoms with Crippen LogP contribution in [0.4, 0.5) is 4.79 Å². The molecular weight excluding hydrogens is 614 g/mol. The molecule has 49 heavy (non-hydrogen) atoms. The molecule has 0 bridgehead atoms. The predicted molar refractivity (Wildman–Crippen MR) is 189 cm³/mol. The third kappa shape index (κ3) is 7.25. The Morgan fingerprint density at radius 3 is 2.20 bits per heavy atom. The van der Waals surface area contributed by atoms with Crippen LogP contribution < -0.4 is 10.6 Å². The van der Waals surface area contributed by atoms with Gasteiger partial charge in [-0.2, -0.15) is 0 Å². The number of hydrogen-bond donors (Lipinski definition) is 3. The molecule has 8 nitrogen and oxygen atoms in total. The molecule has 5 aromatic rings. The van der Waals surface area contributed by atoms with E-state index in [1.54, 1.807) is 0 Å². The van der Waals surface area contributed by atoms with E-state index in [0.29, 0.717) is 23.9 Å².